The third-order valence-corrected chi connectivity index (χ3v) is 9.59. The number of aliphatic hydroxyl groups is 3. The van der Waals surface area contributed by atoms with Crippen molar-refractivity contribution in [3.63, 3.8) is 0 Å². The Kier molecular flexibility index (Phi) is 8.58. The van der Waals surface area contributed by atoms with Crippen LogP contribution in [0.4, 0.5) is 0 Å². The maximum atomic E-state index is 11.2. The van der Waals surface area contributed by atoms with E-state index in [1.54, 1.807) is 0 Å². The molecule has 3 unspecified atom stereocenters. The minimum Gasteiger partial charge on any atom is -0.387 e. The Hall–Kier alpha value is -1.88. The second kappa shape index (κ2) is 12.2. The third kappa shape index (κ3) is 5.37. The van der Waals surface area contributed by atoms with E-state index in [9.17, 15) is 15.3 Å². The zero-order valence-electron chi connectivity index (χ0n) is 23.8. The molecule has 3 heterocycles. The van der Waals surface area contributed by atoms with Gasteiger partial charge in [0.05, 0.1) is 19.4 Å². The molecule has 8 nitrogen and oxygen atoms in total. The van der Waals surface area contributed by atoms with E-state index in [1.807, 2.05) is 30.3 Å². The summed E-state index contributed by atoms with van der Waals surface area (Å²) in [5, 5.41) is 33.4. The molecule has 3 fully saturated rings. The molecule has 0 radical (unpaired) electrons. The quantitative estimate of drug-likeness (QED) is 0.389. The Morgan fingerprint density at radius 2 is 1.85 bits per heavy atom. The average Bonchev–Trinajstić information content (AvgIpc) is 3.51. The van der Waals surface area contributed by atoms with Crippen molar-refractivity contribution in [3.05, 3.63) is 70.8 Å². The third-order valence-electron chi connectivity index (χ3n) is 9.59. The van der Waals surface area contributed by atoms with E-state index in [4.69, 9.17) is 9.47 Å². The molecule has 3 saturated heterocycles. The van der Waals surface area contributed by atoms with Gasteiger partial charge < -0.3 is 24.8 Å². The van der Waals surface area contributed by atoms with Gasteiger partial charge in [-0.25, -0.2) is 0 Å². The van der Waals surface area contributed by atoms with Gasteiger partial charge in [-0.3, -0.25) is 14.7 Å². The molecule has 0 bridgehead atoms. The predicted octanol–water partition coefficient (Wildman–Crippen LogP) is 2.50. The molecule has 6 rings (SSSR count). The molecule has 0 saturated carbocycles. The minimum absolute atomic E-state index is 0.0893. The number of benzene rings is 2. The van der Waals surface area contributed by atoms with E-state index >= 15 is 0 Å². The molecular formula is C32H45N3O5. The van der Waals surface area contributed by atoms with Gasteiger partial charge in [-0.1, -0.05) is 55.5 Å². The van der Waals surface area contributed by atoms with E-state index in [0.29, 0.717) is 25.2 Å². The van der Waals surface area contributed by atoms with Crippen molar-refractivity contribution in [2.45, 2.75) is 88.5 Å². The number of aliphatic hydroxyl groups excluding tert-OH is 3. The molecule has 3 aliphatic heterocycles. The maximum Gasteiger partial charge on any atom is 0.141 e. The van der Waals surface area contributed by atoms with Crippen LogP contribution in [0.1, 0.15) is 54.5 Å². The molecular weight excluding hydrogens is 506 g/mol. The van der Waals surface area contributed by atoms with Gasteiger partial charge in [0.2, 0.25) is 0 Å². The molecule has 8 heteroatoms. The summed E-state index contributed by atoms with van der Waals surface area (Å²) >= 11 is 0. The lowest BCUT2D eigenvalue weighted by Gasteiger charge is -2.50. The number of hydrogen-bond acceptors (Lipinski definition) is 8. The molecule has 0 spiro atoms. The van der Waals surface area contributed by atoms with Crippen molar-refractivity contribution >= 4 is 0 Å². The van der Waals surface area contributed by atoms with Crippen LogP contribution in [-0.2, 0) is 28.9 Å². The Bertz CT molecular complexity index is 1130. The van der Waals surface area contributed by atoms with Crippen LogP contribution in [0.5, 0.6) is 0 Å². The second-order valence-corrected chi connectivity index (χ2v) is 12.2. The Balaban J connectivity index is 1.13. The summed E-state index contributed by atoms with van der Waals surface area (Å²) < 4.78 is 12.4. The van der Waals surface area contributed by atoms with Gasteiger partial charge in [-0.15, -0.1) is 0 Å². The SMILES string of the molecule is CCCN1CN(C)C2C(CCN2[C@@H]2O[C@H]([C@H](O)c3ccc4c(c3)CC4)[C@@H](O)[C@H]2O)C1CCOCc1ccccc1. The normalized spacial score (nSPS) is 33.5. The van der Waals surface area contributed by atoms with Crippen molar-refractivity contribution in [2.75, 3.05) is 33.4 Å². The van der Waals surface area contributed by atoms with Gasteiger partial charge in [0.1, 0.15) is 30.6 Å². The van der Waals surface area contributed by atoms with Crippen molar-refractivity contribution < 1.29 is 24.8 Å². The second-order valence-electron chi connectivity index (χ2n) is 12.2. The lowest BCUT2D eigenvalue weighted by molar-refractivity contribution is -0.160. The van der Waals surface area contributed by atoms with Crippen LogP contribution in [-0.4, -0.2) is 100 Å². The lowest BCUT2D eigenvalue weighted by atomic mass is 9.85. The maximum absolute atomic E-state index is 11.2. The van der Waals surface area contributed by atoms with Crippen LogP contribution in [0.25, 0.3) is 0 Å². The number of rotatable bonds is 10. The van der Waals surface area contributed by atoms with Crippen LogP contribution in [0.15, 0.2) is 48.5 Å². The number of fused-ring (bicyclic) bond motifs is 2. The highest BCUT2D eigenvalue weighted by molar-refractivity contribution is 5.39. The van der Waals surface area contributed by atoms with E-state index in [0.717, 1.165) is 57.4 Å². The van der Waals surface area contributed by atoms with Gasteiger partial charge >= 0.3 is 0 Å². The summed E-state index contributed by atoms with van der Waals surface area (Å²) in [4.78, 5) is 7.16. The summed E-state index contributed by atoms with van der Waals surface area (Å²) in [7, 11) is 2.15. The van der Waals surface area contributed by atoms with Crippen molar-refractivity contribution in [3.8, 4) is 0 Å². The topological polar surface area (TPSA) is 88.9 Å². The van der Waals surface area contributed by atoms with E-state index < -0.39 is 30.6 Å². The van der Waals surface area contributed by atoms with Crippen molar-refractivity contribution in [1.82, 2.24) is 14.7 Å². The molecule has 0 amide bonds. The monoisotopic (exact) mass is 551 g/mol. The van der Waals surface area contributed by atoms with Gasteiger partial charge in [0, 0.05) is 25.1 Å². The number of aryl methyl sites for hydroxylation is 2. The summed E-state index contributed by atoms with van der Waals surface area (Å²) in [6, 6.07) is 16.7. The largest absolute Gasteiger partial charge is 0.387 e. The van der Waals surface area contributed by atoms with Gasteiger partial charge in [-0.2, -0.15) is 0 Å². The number of ether oxygens (including phenoxy) is 2. The van der Waals surface area contributed by atoms with E-state index in [2.05, 4.69) is 46.9 Å². The standard InChI is InChI=1S/C32H45N3O5/c1-3-15-34-20-33(2)31-25(26(34)14-17-39-19-21-7-5-4-6-8-21)13-16-35(31)32-29(38)28(37)30(40-32)27(36)24-12-10-22-9-11-23(22)18-24/h4-8,10,12,18,25-32,36-38H,3,9,11,13-17,19-20H2,1-2H3/t25?,26?,27-,28+,29-,30-,31?,32-/m1/s1. The molecule has 8 atom stereocenters. The summed E-state index contributed by atoms with van der Waals surface area (Å²) in [5.74, 6) is 0.371. The average molecular weight is 552 g/mol. The molecule has 2 aromatic carbocycles. The first kappa shape index (κ1) is 28.2. The van der Waals surface area contributed by atoms with Crippen LogP contribution in [0.2, 0.25) is 0 Å². The first-order valence-corrected chi connectivity index (χ1v) is 15.1. The first-order valence-electron chi connectivity index (χ1n) is 15.1. The van der Waals surface area contributed by atoms with E-state index in [1.165, 1.54) is 16.7 Å². The Morgan fingerprint density at radius 3 is 2.58 bits per heavy atom. The Labute approximate surface area is 238 Å². The molecule has 40 heavy (non-hydrogen) atoms. The highest BCUT2D eigenvalue weighted by atomic mass is 16.6. The summed E-state index contributed by atoms with van der Waals surface area (Å²) in [6.07, 6.45) is 0.459. The smallest absolute Gasteiger partial charge is 0.141 e. The van der Waals surface area contributed by atoms with Crippen LogP contribution >= 0.6 is 0 Å². The molecule has 3 N–H and O–H groups in total. The fourth-order valence-electron chi connectivity index (χ4n) is 7.52. The van der Waals surface area contributed by atoms with Crippen molar-refractivity contribution in [2.24, 2.45) is 5.92 Å². The molecule has 218 valence electrons. The van der Waals surface area contributed by atoms with Crippen LogP contribution in [0.3, 0.4) is 0 Å². The number of nitrogens with zero attached hydrogens (tertiary/aromatic N) is 3. The highest BCUT2D eigenvalue weighted by Gasteiger charge is 2.55. The summed E-state index contributed by atoms with van der Waals surface area (Å²) in [5.41, 5.74) is 4.51. The van der Waals surface area contributed by atoms with Gasteiger partial charge in [-0.05, 0) is 68.0 Å². The fourth-order valence-corrected chi connectivity index (χ4v) is 7.52. The van der Waals surface area contributed by atoms with E-state index in [-0.39, 0.29) is 6.17 Å². The first-order chi connectivity index (χ1) is 19.5. The predicted molar refractivity (Wildman–Crippen MR) is 152 cm³/mol. The zero-order chi connectivity index (χ0) is 27.8. The molecule has 1 aliphatic carbocycles. The molecule has 2 aromatic rings. The zero-order valence-corrected chi connectivity index (χ0v) is 23.8. The summed E-state index contributed by atoms with van der Waals surface area (Å²) in [6.45, 7) is 6.19. The molecule has 4 aliphatic rings. The Morgan fingerprint density at radius 1 is 1.05 bits per heavy atom. The van der Waals surface area contributed by atoms with Gasteiger partial charge in [0.25, 0.3) is 0 Å². The highest BCUT2D eigenvalue weighted by Crippen LogP contribution is 2.42. The number of hydrogen-bond donors (Lipinski definition) is 3. The number of likely N-dealkylation sites (tertiary alicyclic amines) is 1. The molecule has 0 aromatic heterocycles. The van der Waals surface area contributed by atoms with Gasteiger partial charge in [0.15, 0.2) is 0 Å². The van der Waals surface area contributed by atoms with Crippen LogP contribution in [0, 0.1) is 5.92 Å². The minimum atomic E-state index is -1.15. The lowest BCUT2D eigenvalue weighted by Crippen LogP contribution is -2.63. The van der Waals surface area contributed by atoms with Crippen molar-refractivity contribution in [1.29, 1.82) is 0 Å². The van der Waals surface area contributed by atoms with Crippen LogP contribution < -0.4 is 0 Å². The fraction of sp³-hybridized carbons (Fsp3) is 0.625.